The molecule has 3 aromatic carbocycles. The summed E-state index contributed by atoms with van der Waals surface area (Å²) in [6.07, 6.45) is 5.47. The van der Waals surface area contributed by atoms with E-state index < -0.39 is 0 Å². The van der Waals surface area contributed by atoms with Crippen molar-refractivity contribution in [2.24, 2.45) is 0 Å². The minimum Gasteiger partial charge on any atom is -0.350 e. The van der Waals surface area contributed by atoms with Crippen molar-refractivity contribution in [1.29, 1.82) is 0 Å². The molecular weight excluding hydrogens is 384 g/mol. The van der Waals surface area contributed by atoms with E-state index in [1.54, 1.807) is 6.08 Å². The Hall–Kier alpha value is -3.44. The fourth-order valence-electron chi connectivity index (χ4n) is 4.34. The van der Waals surface area contributed by atoms with Gasteiger partial charge in [0.2, 0.25) is 5.91 Å². The van der Waals surface area contributed by atoms with Gasteiger partial charge >= 0.3 is 0 Å². The van der Waals surface area contributed by atoms with E-state index in [0.29, 0.717) is 0 Å². The molecule has 0 atom stereocenters. The van der Waals surface area contributed by atoms with E-state index in [9.17, 15) is 4.79 Å². The van der Waals surface area contributed by atoms with Gasteiger partial charge in [-0.05, 0) is 47.4 Å². The molecule has 4 aromatic rings. The Morgan fingerprint density at radius 3 is 2.68 bits per heavy atom. The van der Waals surface area contributed by atoms with E-state index in [-0.39, 0.29) is 11.9 Å². The Morgan fingerprint density at radius 2 is 1.81 bits per heavy atom. The second-order valence-corrected chi connectivity index (χ2v) is 8.16. The Labute approximate surface area is 181 Å². The predicted octanol–water partition coefficient (Wildman–Crippen LogP) is 4.51. The van der Waals surface area contributed by atoms with Gasteiger partial charge in [0.25, 0.3) is 0 Å². The van der Waals surface area contributed by atoms with Crippen molar-refractivity contribution in [3.8, 4) is 0 Å². The van der Waals surface area contributed by atoms with Crippen LogP contribution in [0.2, 0.25) is 0 Å². The van der Waals surface area contributed by atoms with E-state index in [1.807, 2.05) is 48.5 Å². The van der Waals surface area contributed by atoms with Crippen LogP contribution in [0.3, 0.4) is 0 Å². The highest BCUT2D eigenvalue weighted by molar-refractivity contribution is 5.96. The highest BCUT2D eigenvalue weighted by Crippen LogP contribution is 2.20. The minimum absolute atomic E-state index is 0.0244. The molecule has 0 aliphatic carbocycles. The van der Waals surface area contributed by atoms with Crippen LogP contribution in [-0.4, -0.2) is 39.9 Å². The predicted molar refractivity (Wildman–Crippen MR) is 126 cm³/mol. The summed E-state index contributed by atoms with van der Waals surface area (Å²) in [6, 6.07) is 22.7. The number of benzene rings is 3. The molecule has 1 aliphatic heterocycles. The lowest BCUT2D eigenvalue weighted by atomic mass is 10.0. The van der Waals surface area contributed by atoms with Crippen LogP contribution in [-0.2, 0) is 11.3 Å². The highest BCUT2D eigenvalue weighted by atomic mass is 16.1. The zero-order valence-corrected chi connectivity index (χ0v) is 17.4. The van der Waals surface area contributed by atoms with Gasteiger partial charge in [0.1, 0.15) is 5.82 Å². The second-order valence-electron chi connectivity index (χ2n) is 8.16. The number of H-pyrrole nitrogens is 1. The summed E-state index contributed by atoms with van der Waals surface area (Å²) in [5, 5.41) is 5.51. The number of likely N-dealkylation sites (tertiary alicyclic amines) is 1. The molecule has 0 unspecified atom stereocenters. The largest absolute Gasteiger partial charge is 0.350 e. The van der Waals surface area contributed by atoms with Crippen LogP contribution >= 0.6 is 0 Å². The van der Waals surface area contributed by atoms with Gasteiger partial charge in [0, 0.05) is 25.2 Å². The number of carbonyl (C=O) groups excluding carboxylic acids is 1. The first-order valence-electron chi connectivity index (χ1n) is 10.9. The van der Waals surface area contributed by atoms with Gasteiger partial charge in [-0.25, -0.2) is 4.98 Å². The molecule has 0 radical (unpaired) electrons. The molecule has 5 nitrogen and oxygen atoms in total. The molecule has 1 amide bonds. The van der Waals surface area contributed by atoms with Crippen LogP contribution in [0.5, 0.6) is 0 Å². The number of hydrogen-bond acceptors (Lipinski definition) is 3. The number of amides is 1. The lowest BCUT2D eigenvalue weighted by molar-refractivity contribution is -0.117. The number of piperidine rings is 1. The molecule has 2 N–H and O–H groups in total. The van der Waals surface area contributed by atoms with Crippen LogP contribution in [0.25, 0.3) is 27.9 Å². The fourth-order valence-corrected chi connectivity index (χ4v) is 4.34. The monoisotopic (exact) mass is 410 g/mol. The average molecular weight is 411 g/mol. The van der Waals surface area contributed by atoms with E-state index in [4.69, 9.17) is 0 Å². The number of nitrogens with one attached hydrogen (secondary N) is 2. The number of imidazole rings is 1. The average Bonchev–Trinajstić information content (AvgIpc) is 3.21. The molecule has 156 valence electrons. The van der Waals surface area contributed by atoms with Crippen molar-refractivity contribution < 1.29 is 4.79 Å². The molecule has 31 heavy (non-hydrogen) atoms. The third-order valence-electron chi connectivity index (χ3n) is 5.98. The van der Waals surface area contributed by atoms with E-state index >= 15 is 0 Å². The summed E-state index contributed by atoms with van der Waals surface area (Å²) in [5.74, 6) is 0.977. The Kier molecular flexibility index (Phi) is 5.50. The smallest absolute Gasteiger partial charge is 0.244 e. The van der Waals surface area contributed by atoms with Gasteiger partial charge in [0.15, 0.2) is 0 Å². The van der Waals surface area contributed by atoms with E-state index in [2.05, 4.69) is 44.5 Å². The number of nitrogens with zero attached hydrogens (tertiary/aromatic N) is 2. The summed E-state index contributed by atoms with van der Waals surface area (Å²) < 4.78 is 0. The minimum atomic E-state index is -0.0244. The van der Waals surface area contributed by atoms with Crippen LogP contribution < -0.4 is 5.32 Å². The normalized spacial score (nSPS) is 15.7. The van der Waals surface area contributed by atoms with E-state index in [0.717, 1.165) is 60.3 Å². The maximum atomic E-state index is 12.5. The second kappa shape index (κ2) is 8.74. The van der Waals surface area contributed by atoms with Crippen molar-refractivity contribution in [3.63, 3.8) is 0 Å². The summed E-state index contributed by atoms with van der Waals surface area (Å²) in [4.78, 5) is 22.9. The number of aromatic amines is 1. The SMILES string of the molecule is O=C(C=Cc1cccc2ccccc12)NC1CCN(Cc2nc3ccccc3[nH]2)CC1. The van der Waals surface area contributed by atoms with Gasteiger partial charge < -0.3 is 10.3 Å². The first kappa shape index (κ1) is 19.5. The molecule has 0 saturated carbocycles. The number of aromatic nitrogens is 2. The summed E-state index contributed by atoms with van der Waals surface area (Å²) >= 11 is 0. The number of fused-ring (bicyclic) bond motifs is 2. The molecule has 0 spiro atoms. The van der Waals surface area contributed by atoms with Gasteiger partial charge in [0.05, 0.1) is 17.6 Å². The third kappa shape index (κ3) is 4.52. The van der Waals surface area contributed by atoms with Gasteiger partial charge in [-0.1, -0.05) is 54.6 Å². The zero-order chi connectivity index (χ0) is 21.0. The molecular formula is C26H26N4O. The molecule has 5 heteroatoms. The standard InChI is InChI=1S/C26H26N4O/c31-26(13-12-20-8-5-7-19-6-1-2-9-22(19)20)27-21-14-16-30(17-15-21)18-25-28-23-10-3-4-11-24(23)29-25/h1-13,21H,14-18H2,(H,27,31)(H,28,29). The maximum absolute atomic E-state index is 12.5. The van der Waals surface area contributed by atoms with Crippen LogP contribution in [0.1, 0.15) is 24.2 Å². The topological polar surface area (TPSA) is 61.0 Å². The number of para-hydroxylation sites is 2. The Balaban J connectivity index is 1.14. The number of hydrogen-bond donors (Lipinski definition) is 2. The first-order chi connectivity index (χ1) is 15.2. The van der Waals surface area contributed by atoms with Gasteiger partial charge in [-0.3, -0.25) is 9.69 Å². The van der Waals surface area contributed by atoms with Crippen molar-refractivity contribution >= 4 is 33.8 Å². The van der Waals surface area contributed by atoms with Crippen molar-refractivity contribution in [1.82, 2.24) is 20.2 Å². The van der Waals surface area contributed by atoms with Gasteiger partial charge in [-0.2, -0.15) is 0 Å². The molecule has 0 bridgehead atoms. The molecule has 1 saturated heterocycles. The highest BCUT2D eigenvalue weighted by Gasteiger charge is 2.21. The quantitative estimate of drug-likeness (QED) is 0.476. The van der Waals surface area contributed by atoms with Gasteiger partial charge in [-0.15, -0.1) is 0 Å². The molecule has 1 fully saturated rings. The van der Waals surface area contributed by atoms with Crippen molar-refractivity contribution in [3.05, 3.63) is 84.2 Å². The lowest BCUT2D eigenvalue weighted by Gasteiger charge is -2.31. The van der Waals surface area contributed by atoms with Crippen LogP contribution in [0.4, 0.5) is 0 Å². The van der Waals surface area contributed by atoms with Crippen LogP contribution in [0.15, 0.2) is 72.8 Å². The van der Waals surface area contributed by atoms with Crippen molar-refractivity contribution in [2.75, 3.05) is 13.1 Å². The zero-order valence-electron chi connectivity index (χ0n) is 17.4. The molecule has 1 aromatic heterocycles. The maximum Gasteiger partial charge on any atom is 0.244 e. The Bertz CT molecular complexity index is 1200. The number of carbonyl (C=O) groups is 1. The summed E-state index contributed by atoms with van der Waals surface area (Å²) in [7, 11) is 0. The van der Waals surface area contributed by atoms with Crippen molar-refractivity contribution in [2.45, 2.75) is 25.4 Å². The fraction of sp³-hybridized carbons (Fsp3) is 0.231. The molecule has 1 aliphatic rings. The molecule has 5 rings (SSSR count). The number of rotatable bonds is 5. The lowest BCUT2D eigenvalue weighted by Crippen LogP contribution is -2.44. The summed E-state index contributed by atoms with van der Waals surface area (Å²) in [5.41, 5.74) is 3.16. The van der Waals surface area contributed by atoms with E-state index in [1.165, 1.54) is 5.39 Å². The first-order valence-corrected chi connectivity index (χ1v) is 10.9. The molecule has 2 heterocycles. The Morgan fingerprint density at radius 1 is 1.03 bits per heavy atom. The van der Waals surface area contributed by atoms with Crippen LogP contribution in [0, 0.1) is 0 Å². The third-order valence-corrected chi connectivity index (χ3v) is 5.98. The summed E-state index contributed by atoms with van der Waals surface area (Å²) in [6.45, 7) is 2.72.